The van der Waals surface area contributed by atoms with Crippen LogP contribution in [-0.2, 0) is 20.0 Å². The van der Waals surface area contributed by atoms with E-state index in [1.807, 2.05) is 22.6 Å². The summed E-state index contributed by atoms with van der Waals surface area (Å²) in [7, 11) is 1.96. The van der Waals surface area contributed by atoms with Gasteiger partial charge in [-0.3, -0.25) is 9.36 Å². The largest absolute Gasteiger partial charge is 0.276 e. The van der Waals surface area contributed by atoms with Crippen LogP contribution < -0.4 is 0 Å². The van der Waals surface area contributed by atoms with Crippen molar-refractivity contribution < 1.29 is 0 Å². The summed E-state index contributed by atoms with van der Waals surface area (Å²) in [5.74, 6) is 0.895. The van der Waals surface area contributed by atoms with E-state index in [0.29, 0.717) is 11.8 Å². The molecule has 0 aliphatic carbocycles. The highest BCUT2D eigenvalue weighted by Crippen LogP contribution is 2.24. The Labute approximate surface area is 115 Å². The number of aromatic nitrogens is 4. The summed E-state index contributed by atoms with van der Waals surface area (Å²) in [5.41, 5.74) is 3.74. The van der Waals surface area contributed by atoms with Gasteiger partial charge in [0.1, 0.15) is 0 Å². The van der Waals surface area contributed by atoms with Gasteiger partial charge in [-0.2, -0.15) is 10.2 Å². The Bertz CT molecular complexity index is 536. The Morgan fingerprint density at radius 2 is 1.95 bits per heavy atom. The second kappa shape index (κ2) is 5.59. The molecule has 0 bridgehead atoms. The molecule has 0 saturated heterocycles. The minimum atomic E-state index is 0.424. The number of aryl methyl sites for hydroxylation is 2. The van der Waals surface area contributed by atoms with E-state index in [1.54, 1.807) is 0 Å². The predicted octanol–water partition coefficient (Wildman–Crippen LogP) is 3.11. The zero-order chi connectivity index (χ0) is 14.0. The Morgan fingerprint density at radius 3 is 2.47 bits per heavy atom. The Balaban J connectivity index is 2.20. The molecule has 2 rings (SSSR count). The summed E-state index contributed by atoms with van der Waals surface area (Å²) in [6, 6.07) is 2.10. The highest BCUT2D eigenvalue weighted by atomic mass is 15.3. The Hall–Kier alpha value is -1.58. The van der Waals surface area contributed by atoms with Crippen molar-refractivity contribution in [3.8, 4) is 0 Å². The molecule has 2 heterocycles. The first-order chi connectivity index (χ1) is 9.01. The maximum atomic E-state index is 4.67. The molecule has 0 aromatic carbocycles. The normalized spacial score (nSPS) is 13.2. The smallest absolute Gasteiger partial charge is 0.0682 e. The van der Waals surface area contributed by atoms with Crippen molar-refractivity contribution in [2.75, 3.05) is 0 Å². The molecule has 1 atom stereocenters. The fourth-order valence-corrected chi connectivity index (χ4v) is 2.41. The van der Waals surface area contributed by atoms with E-state index in [4.69, 9.17) is 0 Å². The number of hydrogen-bond donors (Lipinski definition) is 0. The molecule has 0 N–H and O–H groups in total. The van der Waals surface area contributed by atoms with Gasteiger partial charge in [0.15, 0.2) is 0 Å². The average molecular weight is 260 g/mol. The van der Waals surface area contributed by atoms with Crippen molar-refractivity contribution in [2.45, 2.75) is 52.5 Å². The lowest BCUT2D eigenvalue weighted by atomic mass is 9.95. The van der Waals surface area contributed by atoms with Gasteiger partial charge in [0.2, 0.25) is 0 Å². The van der Waals surface area contributed by atoms with Crippen LogP contribution in [0.25, 0.3) is 0 Å². The molecule has 0 aliphatic heterocycles. The molecule has 0 amide bonds. The van der Waals surface area contributed by atoms with Crippen LogP contribution >= 0.6 is 0 Å². The maximum Gasteiger partial charge on any atom is 0.0682 e. The van der Waals surface area contributed by atoms with Crippen LogP contribution in [0.2, 0.25) is 0 Å². The second-order valence-electron chi connectivity index (χ2n) is 5.57. The van der Waals surface area contributed by atoms with Crippen molar-refractivity contribution in [1.29, 1.82) is 0 Å². The molecule has 0 spiro atoms. The summed E-state index contributed by atoms with van der Waals surface area (Å²) in [6.45, 7) is 9.70. The minimum absolute atomic E-state index is 0.424. The summed E-state index contributed by atoms with van der Waals surface area (Å²) < 4.78 is 3.90. The topological polar surface area (TPSA) is 35.6 Å². The van der Waals surface area contributed by atoms with Crippen LogP contribution in [0.5, 0.6) is 0 Å². The first kappa shape index (κ1) is 13.8. The van der Waals surface area contributed by atoms with Gasteiger partial charge in [0.05, 0.1) is 11.4 Å². The molecule has 0 aliphatic rings. The number of rotatable bonds is 5. The third kappa shape index (κ3) is 3.06. The quantitative estimate of drug-likeness (QED) is 0.828. The summed E-state index contributed by atoms with van der Waals surface area (Å²) in [4.78, 5) is 0. The molecule has 19 heavy (non-hydrogen) atoms. The molecule has 1 unspecified atom stereocenters. The molecule has 4 heteroatoms. The zero-order valence-electron chi connectivity index (χ0n) is 12.6. The van der Waals surface area contributed by atoms with E-state index >= 15 is 0 Å². The fourth-order valence-electron chi connectivity index (χ4n) is 2.41. The third-order valence-corrected chi connectivity index (χ3v) is 3.51. The van der Waals surface area contributed by atoms with Crippen LogP contribution in [0.3, 0.4) is 0 Å². The highest BCUT2D eigenvalue weighted by molar-refractivity contribution is 5.23. The van der Waals surface area contributed by atoms with E-state index in [2.05, 4.69) is 50.2 Å². The van der Waals surface area contributed by atoms with E-state index in [0.717, 1.165) is 18.7 Å². The lowest BCUT2D eigenvalue weighted by Gasteiger charge is -2.10. The van der Waals surface area contributed by atoms with Crippen molar-refractivity contribution in [3.63, 3.8) is 0 Å². The molecular weight excluding hydrogens is 236 g/mol. The minimum Gasteiger partial charge on any atom is -0.276 e. The van der Waals surface area contributed by atoms with Crippen molar-refractivity contribution in [2.24, 2.45) is 7.05 Å². The van der Waals surface area contributed by atoms with E-state index in [-0.39, 0.29) is 0 Å². The molecule has 2 aromatic heterocycles. The standard InChI is InChI=1S/C15H24N4/c1-6-19-10-13(15(17-19)11(2)3)9-12(4)14-7-8-18(5)16-14/h7-8,10-12H,6,9H2,1-5H3. The lowest BCUT2D eigenvalue weighted by Crippen LogP contribution is -2.03. The predicted molar refractivity (Wildman–Crippen MR) is 77.3 cm³/mol. The van der Waals surface area contributed by atoms with Crippen LogP contribution in [0.4, 0.5) is 0 Å². The second-order valence-corrected chi connectivity index (χ2v) is 5.57. The van der Waals surface area contributed by atoms with Crippen LogP contribution in [-0.4, -0.2) is 19.6 Å². The van der Waals surface area contributed by atoms with Gasteiger partial charge in [-0.1, -0.05) is 20.8 Å². The molecule has 0 saturated carbocycles. The molecule has 2 aromatic rings. The average Bonchev–Trinajstić information content (AvgIpc) is 2.95. The van der Waals surface area contributed by atoms with Crippen molar-refractivity contribution in [1.82, 2.24) is 19.6 Å². The Kier molecular flexibility index (Phi) is 4.08. The fraction of sp³-hybridized carbons (Fsp3) is 0.600. The van der Waals surface area contributed by atoms with Crippen molar-refractivity contribution in [3.05, 3.63) is 35.4 Å². The first-order valence-corrected chi connectivity index (χ1v) is 7.07. The van der Waals surface area contributed by atoms with E-state index in [9.17, 15) is 0 Å². The van der Waals surface area contributed by atoms with Crippen LogP contribution in [0.15, 0.2) is 18.5 Å². The van der Waals surface area contributed by atoms with Gasteiger partial charge in [0, 0.05) is 31.9 Å². The summed E-state index contributed by atoms with van der Waals surface area (Å²) in [6.07, 6.45) is 5.20. The number of nitrogens with zero attached hydrogens (tertiary/aromatic N) is 4. The molecule has 104 valence electrons. The van der Waals surface area contributed by atoms with Crippen LogP contribution in [0, 0.1) is 0 Å². The highest BCUT2D eigenvalue weighted by Gasteiger charge is 2.16. The van der Waals surface area contributed by atoms with E-state index < -0.39 is 0 Å². The van der Waals surface area contributed by atoms with E-state index in [1.165, 1.54) is 11.3 Å². The zero-order valence-corrected chi connectivity index (χ0v) is 12.6. The molecule has 0 radical (unpaired) electrons. The third-order valence-electron chi connectivity index (χ3n) is 3.51. The SMILES string of the molecule is CCn1cc(CC(C)c2ccn(C)n2)c(C(C)C)n1. The summed E-state index contributed by atoms with van der Waals surface area (Å²) >= 11 is 0. The van der Waals surface area contributed by atoms with Gasteiger partial charge < -0.3 is 0 Å². The molecular formula is C15H24N4. The van der Waals surface area contributed by atoms with Gasteiger partial charge >= 0.3 is 0 Å². The maximum absolute atomic E-state index is 4.67. The van der Waals surface area contributed by atoms with Crippen molar-refractivity contribution >= 4 is 0 Å². The van der Waals surface area contributed by atoms with Crippen LogP contribution in [0.1, 0.15) is 56.5 Å². The first-order valence-electron chi connectivity index (χ1n) is 7.07. The van der Waals surface area contributed by atoms with Gasteiger partial charge in [0.25, 0.3) is 0 Å². The molecule has 0 fully saturated rings. The Morgan fingerprint density at radius 1 is 1.21 bits per heavy atom. The van der Waals surface area contributed by atoms with Gasteiger partial charge in [-0.05, 0) is 30.9 Å². The number of hydrogen-bond acceptors (Lipinski definition) is 2. The lowest BCUT2D eigenvalue weighted by molar-refractivity contribution is 0.635. The van der Waals surface area contributed by atoms with Gasteiger partial charge in [-0.15, -0.1) is 0 Å². The summed E-state index contributed by atoms with van der Waals surface area (Å²) in [5, 5.41) is 9.17. The monoisotopic (exact) mass is 260 g/mol. The van der Waals surface area contributed by atoms with Gasteiger partial charge in [-0.25, -0.2) is 0 Å². The molecule has 4 nitrogen and oxygen atoms in total.